The standard InChI is InChI=1S/C18H19N3O3/c1-3-4-6-13(2)23-12-16-20-15-8-10-21(18(22)17(15)24-16)14-7-5-9-19-11-14/h3-7,9,11H,8,10,12H2,1-2H3. The van der Waals surface area contributed by atoms with Crippen molar-refractivity contribution in [2.75, 3.05) is 11.4 Å². The molecule has 3 heterocycles. The summed E-state index contributed by atoms with van der Waals surface area (Å²) < 4.78 is 11.2. The summed E-state index contributed by atoms with van der Waals surface area (Å²) in [6, 6.07) is 3.66. The first-order chi connectivity index (χ1) is 11.7. The lowest BCUT2D eigenvalue weighted by Gasteiger charge is -2.24. The van der Waals surface area contributed by atoms with Gasteiger partial charge in [0.15, 0.2) is 6.61 Å². The van der Waals surface area contributed by atoms with Crippen LogP contribution in [0.5, 0.6) is 0 Å². The molecule has 1 aliphatic heterocycles. The van der Waals surface area contributed by atoms with Crippen molar-refractivity contribution in [3.8, 4) is 0 Å². The highest BCUT2D eigenvalue weighted by atomic mass is 16.5. The number of hydrogen-bond acceptors (Lipinski definition) is 5. The van der Waals surface area contributed by atoms with Crippen molar-refractivity contribution in [1.29, 1.82) is 0 Å². The van der Waals surface area contributed by atoms with Crippen molar-refractivity contribution in [2.45, 2.75) is 26.9 Å². The molecule has 3 rings (SSSR count). The number of carbonyl (C=O) groups excluding carboxylic acids is 1. The number of fused-ring (bicyclic) bond motifs is 1. The van der Waals surface area contributed by atoms with Crippen LogP contribution in [0.25, 0.3) is 0 Å². The van der Waals surface area contributed by atoms with E-state index < -0.39 is 0 Å². The van der Waals surface area contributed by atoms with Crippen LogP contribution in [0.4, 0.5) is 5.69 Å². The number of carbonyl (C=O) groups is 1. The third-order valence-electron chi connectivity index (χ3n) is 3.66. The molecule has 0 radical (unpaired) electrons. The summed E-state index contributed by atoms with van der Waals surface area (Å²) in [6.07, 6.45) is 9.66. The number of aromatic nitrogens is 2. The van der Waals surface area contributed by atoms with Crippen LogP contribution >= 0.6 is 0 Å². The van der Waals surface area contributed by atoms with Crippen LogP contribution in [-0.4, -0.2) is 22.4 Å². The summed E-state index contributed by atoms with van der Waals surface area (Å²) in [5.41, 5.74) is 1.45. The first-order valence-corrected chi connectivity index (χ1v) is 7.82. The zero-order chi connectivity index (χ0) is 16.9. The van der Waals surface area contributed by atoms with Gasteiger partial charge in [-0.05, 0) is 32.1 Å². The van der Waals surface area contributed by atoms with E-state index >= 15 is 0 Å². The van der Waals surface area contributed by atoms with Crippen molar-refractivity contribution in [1.82, 2.24) is 9.97 Å². The maximum atomic E-state index is 12.6. The average molecular weight is 325 g/mol. The minimum Gasteiger partial charge on any atom is -0.489 e. The highest BCUT2D eigenvalue weighted by Crippen LogP contribution is 2.24. The number of ether oxygens (including phenoxy) is 1. The molecular weight excluding hydrogens is 306 g/mol. The lowest BCUT2D eigenvalue weighted by molar-refractivity contribution is 0.0945. The van der Waals surface area contributed by atoms with Crippen LogP contribution in [0.3, 0.4) is 0 Å². The molecule has 0 bridgehead atoms. The summed E-state index contributed by atoms with van der Waals surface area (Å²) in [5.74, 6) is 1.27. The Morgan fingerprint density at radius 3 is 3.12 bits per heavy atom. The molecule has 0 fully saturated rings. The fourth-order valence-corrected chi connectivity index (χ4v) is 2.46. The van der Waals surface area contributed by atoms with Crippen molar-refractivity contribution in [2.24, 2.45) is 0 Å². The van der Waals surface area contributed by atoms with Gasteiger partial charge in [-0.1, -0.05) is 12.2 Å². The molecule has 0 atom stereocenters. The monoisotopic (exact) mass is 325 g/mol. The van der Waals surface area contributed by atoms with E-state index in [1.54, 1.807) is 23.4 Å². The van der Waals surface area contributed by atoms with Gasteiger partial charge in [-0.25, -0.2) is 4.98 Å². The molecule has 1 aliphatic rings. The van der Waals surface area contributed by atoms with E-state index in [9.17, 15) is 4.79 Å². The molecule has 0 aliphatic carbocycles. The van der Waals surface area contributed by atoms with Crippen LogP contribution in [0.2, 0.25) is 0 Å². The quantitative estimate of drug-likeness (QED) is 0.623. The first-order valence-electron chi connectivity index (χ1n) is 7.82. The Morgan fingerprint density at radius 1 is 1.50 bits per heavy atom. The van der Waals surface area contributed by atoms with Crippen molar-refractivity contribution >= 4 is 11.6 Å². The number of allylic oxidation sites excluding steroid dienone is 4. The topological polar surface area (TPSA) is 68.5 Å². The highest BCUT2D eigenvalue weighted by molar-refractivity contribution is 6.05. The van der Waals surface area contributed by atoms with Gasteiger partial charge in [0, 0.05) is 19.2 Å². The van der Waals surface area contributed by atoms with Crippen LogP contribution in [-0.2, 0) is 17.8 Å². The molecular formula is C18H19N3O3. The van der Waals surface area contributed by atoms with E-state index in [2.05, 4.69) is 9.97 Å². The number of pyridine rings is 1. The Kier molecular flexibility index (Phi) is 4.74. The zero-order valence-corrected chi connectivity index (χ0v) is 13.7. The van der Waals surface area contributed by atoms with Gasteiger partial charge in [-0.3, -0.25) is 9.78 Å². The van der Waals surface area contributed by atoms with Crippen molar-refractivity contribution < 1.29 is 13.9 Å². The fraction of sp³-hybridized carbons (Fsp3) is 0.278. The van der Waals surface area contributed by atoms with E-state index in [-0.39, 0.29) is 12.5 Å². The Balaban J connectivity index is 1.73. The van der Waals surface area contributed by atoms with Gasteiger partial charge < -0.3 is 14.1 Å². The molecule has 1 amide bonds. The number of rotatable bonds is 5. The predicted molar refractivity (Wildman–Crippen MR) is 89.5 cm³/mol. The summed E-state index contributed by atoms with van der Waals surface area (Å²) in [4.78, 5) is 22.7. The third kappa shape index (κ3) is 3.37. The van der Waals surface area contributed by atoms with Gasteiger partial charge >= 0.3 is 0 Å². The molecule has 2 aromatic rings. The minimum absolute atomic E-state index is 0.191. The molecule has 0 N–H and O–H groups in total. The fourth-order valence-electron chi connectivity index (χ4n) is 2.46. The van der Waals surface area contributed by atoms with Crippen LogP contribution in [0, 0.1) is 0 Å². The second-order valence-corrected chi connectivity index (χ2v) is 5.39. The van der Waals surface area contributed by atoms with Crippen LogP contribution in [0.1, 0.15) is 36.0 Å². The zero-order valence-electron chi connectivity index (χ0n) is 13.7. The summed E-state index contributed by atoms with van der Waals surface area (Å²) in [6.45, 7) is 4.56. The van der Waals surface area contributed by atoms with Gasteiger partial charge in [0.1, 0.15) is 0 Å². The maximum Gasteiger partial charge on any atom is 0.296 e. The van der Waals surface area contributed by atoms with E-state index in [1.807, 2.05) is 38.1 Å². The Labute approximate surface area is 140 Å². The molecule has 24 heavy (non-hydrogen) atoms. The van der Waals surface area contributed by atoms with Gasteiger partial charge in [0.2, 0.25) is 11.7 Å². The van der Waals surface area contributed by atoms with E-state index in [4.69, 9.17) is 9.15 Å². The van der Waals surface area contributed by atoms with Gasteiger partial charge in [0.25, 0.3) is 5.91 Å². The van der Waals surface area contributed by atoms with Crippen LogP contribution in [0.15, 0.2) is 52.9 Å². The predicted octanol–water partition coefficient (Wildman–Crippen LogP) is 3.27. The summed E-state index contributed by atoms with van der Waals surface area (Å²) >= 11 is 0. The molecule has 2 aromatic heterocycles. The minimum atomic E-state index is -0.191. The molecule has 0 saturated heterocycles. The summed E-state index contributed by atoms with van der Waals surface area (Å²) in [7, 11) is 0. The Hall–Kier alpha value is -2.89. The van der Waals surface area contributed by atoms with Gasteiger partial charge in [-0.15, -0.1) is 0 Å². The highest BCUT2D eigenvalue weighted by Gasteiger charge is 2.31. The smallest absolute Gasteiger partial charge is 0.296 e. The van der Waals surface area contributed by atoms with Crippen molar-refractivity contribution in [3.05, 3.63) is 65.9 Å². The number of hydrogen-bond donors (Lipinski definition) is 0. The number of nitrogens with zero attached hydrogens (tertiary/aromatic N) is 3. The molecule has 124 valence electrons. The Morgan fingerprint density at radius 2 is 2.38 bits per heavy atom. The molecule has 6 nitrogen and oxygen atoms in total. The lowest BCUT2D eigenvalue weighted by Crippen LogP contribution is -2.37. The second-order valence-electron chi connectivity index (χ2n) is 5.39. The molecule has 6 heteroatoms. The number of amides is 1. The third-order valence-corrected chi connectivity index (χ3v) is 3.66. The van der Waals surface area contributed by atoms with Crippen molar-refractivity contribution in [3.63, 3.8) is 0 Å². The summed E-state index contributed by atoms with van der Waals surface area (Å²) in [5, 5.41) is 0. The average Bonchev–Trinajstić information content (AvgIpc) is 3.03. The van der Waals surface area contributed by atoms with Crippen LogP contribution < -0.4 is 4.90 Å². The lowest BCUT2D eigenvalue weighted by atomic mass is 10.1. The number of anilines is 1. The maximum absolute atomic E-state index is 12.6. The van der Waals surface area contributed by atoms with Gasteiger partial charge in [0.05, 0.1) is 23.3 Å². The SMILES string of the molecule is CC=CC=C(C)OCc1nc2c(o1)C(=O)N(c1cccnc1)CC2. The van der Waals surface area contributed by atoms with E-state index in [0.717, 1.165) is 11.4 Å². The van der Waals surface area contributed by atoms with E-state index in [0.29, 0.717) is 30.3 Å². The Bertz CT molecular complexity index is 778. The first kappa shape index (κ1) is 16.0. The number of oxazole rings is 1. The second kappa shape index (κ2) is 7.12. The van der Waals surface area contributed by atoms with E-state index in [1.165, 1.54) is 0 Å². The molecule has 0 spiro atoms. The molecule has 0 unspecified atom stereocenters. The molecule has 0 aromatic carbocycles. The normalized spacial score (nSPS) is 15.0. The largest absolute Gasteiger partial charge is 0.489 e. The molecule has 0 saturated carbocycles. The van der Waals surface area contributed by atoms with Gasteiger partial charge in [-0.2, -0.15) is 0 Å².